The van der Waals surface area contributed by atoms with Gasteiger partial charge in [-0.1, -0.05) is 25.4 Å². The molecule has 0 bridgehead atoms. The number of carbonyl (C=O) groups excluding carboxylic acids is 3. The maximum Gasteiger partial charge on any atom is 0.411 e. The molecule has 2 aliphatic heterocycles. The van der Waals surface area contributed by atoms with E-state index in [1.165, 1.54) is 18.1 Å². The summed E-state index contributed by atoms with van der Waals surface area (Å²) in [4.78, 5) is 44.2. The molecule has 1 aromatic rings. The summed E-state index contributed by atoms with van der Waals surface area (Å²) < 4.78 is 4.67. The number of hydrogen-bond donors (Lipinski definition) is 4. The topological polar surface area (TPSA) is 136 Å². The zero-order valence-electron chi connectivity index (χ0n) is 22.0. The summed E-state index contributed by atoms with van der Waals surface area (Å²) >= 11 is 6.08. The van der Waals surface area contributed by atoms with Crippen molar-refractivity contribution < 1.29 is 24.2 Å². The molecule has 3 rings (SSSR count). The molecule has 11 nitrogen and oxygen atoms in total. The van der Waals surface area contributed by atoms with Crippen molar-refractivity contribution >= 4 is 46.9 Å². The zero-order valence-corrected chi connectivity index (χ0v) is 22.8. The van der Waals surface area contributed by atoms with Gasteiger partial charge in [-0.05, 0) is 50.5 Å². The van der Waals surface area contributed by atoms with Crippen molar-refractivity contribution in [2.45, 2.75) is 52.3 Å². The average molecular weight is 537 g/mol. The number of aliphatic hydroxyl groups is 1. The molecule has 1 aromatic carbocycles. The van der Waals surface area contributed by atoms with Crippen LogP contribution >= 0.6 is 11.6 Å². The number of anilines is 1. The lowest BCUT2D eigenvalue weighted by Gasteiger charge is -2.33. The second kappa shape index (κ2) is 14.4. The number of rotatable bonds is 5. The minimum absolute atomic E-state index is 0.00860. The number of methoxy groups -OCH3 is 1. The molecule has 0 saturated carbocycles. The van der Waals surface area contributed by atoms with Crippen molar-refractivity contribution in [1.82, 2.24) is 20.4 Å². The summed E-state index contributed by atoms with van der Waals surface area (Å²) in [5, 5.41) is 19.3. The minimum Gasteiger partial charge on any atom is -0.453 e. The molecule has 1 fully saturated rings. The maximum atomic E-state index is 13.0. The Labute approximate surface area is 222 Å². The molecule has 2 heterocycles. The number of urea groups is 1. The lowest BCUT2D eigenvalue weighted by atomic mass is 10.1. The molecule has 2 aliphatic rings. The molecule has 2 unspecified atom stereocenters. The van der Waals surface area contributed by atoms with E-state index >= 15 is 0 Å². The Morgan fingerprint density at radius 3 is 2.59 bits per heavy atom. The molecular formula is C25H37ClN6O5. The Balaban J connectivity index is 0.00000235. The number of carbonyl (C=O) groups is 3. The third kappa shape index (κ3) is 8.36. The van der Waals surface area contributed by atoms with E-state index < -0.39 is 12.3 Å². The number of halogens is 1. The Hall–Kier alpha value is -3.31. The zero-order chi connectivity index (χ0) is 27.5. The van der Waals surface area contributed by atoms with Gasteiger partial charge in [0.25, 0.3) is 0 Å². The van der Waals surface area contributed by atoms with Crippen LogP contribution in [-0.4, -0.2) is 84.8 Å². The lowest BCUT2D eigenvalue weighted by molar-refractivity contribution is -0.132. The SMILES string of the molecule is CC.CNC(=O)NC1CCCN(C(=O)CN2C(C)=NC(c3ccc(Cl)cc3NC(=O)OC)=CC2O)CC1. The highest BCUT2D eigenvalue weighted by Gasteiger charge is 2.28. The number of aliphatic hydroxyl groups excluding tert-OH is 1. The maximum absolute atomic E-state index is 13.0. The second-order valence-electron chi connectivity index (χ2n) is 8.29. The highest BCUT2D eigenvalue weighted by atomic mass is 35.5. The van der Waals surface area contributed by atoms with Crippen molar-refractivity contribution in [2.24, 2.45) is 4.99 Å². The van der Waals surface area contributed by atoms with Crippen molar-refractivity contribution in [3.63, 3.8) is 0 Å². The molecule has 2 atom stereocenters. The normalized spacial score (nSPS) is 19.3. The van der Waals surface area contributed by atoms with Crippen LogP contribution in [0.1, 0.15) is 45.6 Å². The molecule has 204 valence electrons. The molecule has 4 N–H and O–H groups in total. The largest absolute Gasteiger partial charge is 0.453 e. The van der Waals surface area contributed by atoms with Crippen LogP contribution in [0.3, 0.4) is 0 Å². The average Bonchev–Trinajstić information content (AvgIpc) is 3.12. The van der Waals surface area contributed by atoms with Crippen LogP contribution in [0.15, 0.2) is 29.3 Å². The van der Waals surface area contributed by atoms with Crippen LogP contribution in [0.4, 0.5) is 15.3 Å². The van der Waals surface area contributed by atoms with E-state index in [1.54, 1.807) is 37.1 Å². The number of amides is 4. The predicted octanol–water partition coefficient (Wildman–Crippen LogP) is 3.25. The van der Waals surface area contributed by atoms with Gasteiger partial charge in [-0.3, -0.25) is 10.1 Å². The van der Waals surface area contributed by atoms with E-state index in [1.807, 2.05) is 13.8 Å². The Kier molecular flexibility index (Phi) is 11.7. The van der Waals surface area contributed by atoms with Gasteiger partial charge >= 0.3 is 12.1 Å². The number of ether oxygens (including phenoxy) is 1. The van der Waals surface area contributed by atoms with Gasteiger partial charge in [0, 0.05) is 36.8 Å². The summed E-state index contributed by atoms with van der Waals surface area (Å²) in [5.74, 6) is 0.326. The van der Waals surface area contributed by atoms with Crippen LogP contribution in [0.25, 0.3) is 5.70 Å². The van der Waals surface area contributed by atoms with Gasteiger partial charge in [-0.15, -0.1) is 0 Å². The first kappa shape index (κ1) is 29.9. The smallest absolute Gasteiger partial charge is 0.411 e. The summed E-state index contributed by atoms with van der Waals surface area (Å²) in [5.41, 5.74) is 1.36. The summed E-state index contributed by atoms with van der Waals surface area (Å²) in [6.45, 7) is 6.77. The molecule has 0 radical (unpaired) electrons. The van der Waals surface area contributed by atoms with Crippen LogP contribution in [0.5, 0.6) is 0 Å². The van der Waals surface area contributed by atoms with Crippen molar-refractivity contribution in [3.8, 4) is 0 Å². The van der Waals surface area contributed by atoms with E-state index in [0.29, 0.717) is 47.3 Å². The summed E-state index contributed by atoms with van der Waals surface area (Å²) in [6.07, 6.45) is 1.97. The molecular weight excluding hydrogens is 500 g/mol. The number of nitrogens with one attached hydrogen (secondary N) is 3. The van der Waals surface area contributed by atoms with Crippen LogP contribution in [0.2, 0.25) is 5.02 Å². The Bertz CT molecular complexity index is 1030. The highest BCUT2D eigenvalue weighted by molar-refractivity contribution is 6.31. The second-order valence-corrected chi connectivity index (χ2v) is 8.73. The van der Waals surface area contributed by atoms with Gasteiger partial charge in [0.1, 0.15) is 18.6 Å². The van der Waals surface area contributed by atoms with E-state index in [-0.39, 0.29) is 24.5 Å². The van der Waals surface area contributed by atoms with Crippen molar-refractivity contribution in [2.75, 3.05) is 39.1 Å². The van der Waals surface area contributed by atoms with Gasteiger partial charge < -0.3 is 30.3 Å². The third-order valence-electron chi connectivity index (χ3n) is 5.95. The van der Waals surface area contributed by atoms with Crippen LogP contribution in [-0.2, 0) is 9.53 Å². The molecule has 0 aromatic heterocycles. The quantitative estimate of drug-likeness (QED) is 0.456. The van der Waals surface area contributed by atoms with Gasteiger partial charge in [0.2, 0.25) is 5.91 Å². The van der Waals surface area contributed by atoms with Gasteiger partial charge in [-0.2, -0.15) is 0 Å². The molecule has 0 aliphatic carbocycles. The standard InChI is InChI=1S/C23H31ClN6O5.C2H6/c1-14-26-19(17-7-6-15(24)11-18(17)28-23(34)35-3)12-20(31)30(14)13-21(32)29-9-4-5-16(8-10-29)27-22(33)25-2;1-2/h6-7,11-12,16,20,31H,4-5,8-10,13H2,1-3H3,(H,28,34)(H2,25,27,33);1-2H3. The van der Waals surface area contributed by atoms with Crippen LogP contribution < -0.4 is 16.0 Å². The number of benzene rings is 1. The molecule has 12 heteroatoms. The van der Waals surface area contributed by atoms with Gasteiger partial charge in [-0.25, -0.2) is 14.6 Å². The van der Waals surface area contributed by atoms with E-state index in [4.69, 9.17) is 11.6 Å². The molecule has 1 saturated heterocycles. The number of hydrogen-bond acceptors (Lipinski definition) is 7. The van der Waals surface area contributed by atoms with Gasteiger partial charge in [0.05, 0.1) is 18.5 Å². The highest BCUT2D eigenvalue weighted by Crippen LogP contribution is 2.31. The predicted molar refractivity (Wildman–Crippen MR) is 144 cm³/mol. The first-order valence-corrected chi connectivity index (χ1v) is 12.7. The number of aliphatic imine (C=N–C) groups is 1. The molecule has 4 amide bonds. The Morgan fingerprint density at radius 2 is 1.95 bits per heavy atom. The first-order chi connectivity index (χ1) is 17.7. The van der Waals surface area contributed by atoms with E-state index in [9.17, 15) is 19.5 Å². The van der Waals surface area contributed by atoms with E-state index in [0.717, 1.165) is 12.8 Å². The fourth-order valence-corrected chi connectivity index (χ4v) is 4.23. The van der Waals surface area contributed by atoms with E-state index in [2.05, 4.69) is 25.7 Å². The number of nitrogens with zero attached hydrogens (tertiary/aromatic N) is 3. The Morgan fingerprint density at radius 1 is 1.22 bits per heavy atom. The summed E-state index contributed by atoms with van der Waals surface area (Å²) in [7, 11) is 2.82. The van der Waals surface area contributed by atoms with Gasteiger partial charge in [0.15, 0.2) is 0 Å². The first-order valence-electron chi connectivity index (χ1n) is 12.3. The number of likely N-dealkylation sites (tertiary alicyclic amines) is 1. The molecule has 37 heavy (non-hydrogen) atoms. The fraction of sp³-hybridized carbons (Fsp3) is 0.520. The minimum atomic E-state index is -1.09. The third-order valence-corrected chi connectivity index (χ3v) is 6.19. The van der Waals surface area contributed by atoms with Crippen molar-refractivity contribution in [1.29, 1.82) is 0 Å². The fourth-order valence-electron chi connectivity index (χ4n) is 4.05. The van der Waals surface area contributed by atoms with Crippen molar-refractivity contribution in [3.05, 3.63) is 34.9 Å². The monoisotopic (exact) mass is 536 g/mol. The molecule has 0 spiro atoms. The summed E-state index contributed by atoms with van der Waals surface area (Å²) in [6, 6.07) is 4.68. The van der Waals surface area contributed by atoms with Crippen LogP contribution in [0, 0.1) is 0 Å². The lowest BCUT2D eigenvalue weighted by Crippen LogP contribution is -2.48. The number of amidine groups is 1.